The molecule has 178 valence electrons. The van der Waals surface area contributed by atoms with Gasteiger partial charge in [-0.2, -0.15) is 5.10 Å². The second kappa shape index (κ2) is 9.70. The summed E-state index contributed by atoms with van der Waals surface area (Å²) >= 11 is 0. The van der Waals surface area contributed by atoms with Gasteiger partial charge in [-0.1, -0.05) is 42.5 Å². The van der Waals surface area contributed by atoms with Gasteiger partial charge in [0.25, 0.3) is 0 Å². The lowest BCUT2D eigenvalue weighted by atomic mass is 9.84. The van der Waals surface area contributed by atoms with Crippen molar-refractivity contribution in [1.29, 1.82) is 0 Å². The standard InChI is InChI=1S/C28H27FN4O2/c29-24-7-9-25(10-8-24)33-19-21(18-31-33)17-30-26(34)11-13-28(14-12-27(35)32-28)16-20-5-6-22-3-1-2-4-23(22)15-20/h1-10,15,18-19H,11-14,16-17H2,(H,30,34)(H,32,35). The molecule has 5 rings (SSSR count). The lowest BCUT2D eigenvalue weighted by molar-refractivity contribution is -0.122. The maximum absolute atomic E-state index is 13.1. The lowest BCUT2D eigenvalue weighted by Crippen LogP contribution is -2.44. The highest BCUT2D eigenvalue weighted by Gasteiger charge is 2.37. The Morgan fingerprint density at radius 2 is 1.86 bits per heavy atom. The molecule has 2 N–H and O–H groups in total. The topological polar surface area (TPSA) is 76.0 Å². The number of amides is 2. The molecule has 1 aliphatic rings. The summed E-state index contributed by atoms with van der Waals surface area (Å²) < 4.78 is 14.8. The largest absolute Gasteiger partial charge is 0.352 e. The Hall–Kier alpha value is -4.00. The average molecular weight is 471 g/mol. The minimum Gasteiger partial charge on any atom is -0.352 e. The van der Waals surface area contributed by atoms with Gasteiger partial charge in [-0.25, -0.2) is 9.07 Å². The summed E-state index contributed by atoms with van der Waals surface area (Å²) in [5.41, 5.74) is 2.34. The zero-order valence-corrected chi connectivity index (χ0v) is 19.3. The van der Waals surface area contributed by atoms with E-state index in [2.05, 4.69) is 46.1 Å². The van der Waals surface area contributed by atoms with Gasteiger partial charge in [0.1, 0.15) is 5.82 Å². The van der Waals surface area contributed by atoms with Crippen LogP contribution in [0.2, 0.25) is 0 Å². The molecule has 0 radical (unpaired) electrons. The quantitative estimate of drug-likeness (QED) is 0.399. The van der Waals surface area contributed by atoms with Gasteiger partial charge in [0.05, 0.1) is 11.9 Å². The molecule has 1 atom stereocenters. The Labute approximate surface area is 203 Å². The lowest BCUT2D eigenvalue weighted by Gasteiger charge is -2.29. The van der Waals surface area contributed by atoms with Crippen molar-refractivity contribution in [3.63, 3.8) is 0 Å². The zero-order chi connectivity index (χ0) is 24.3. The Morgan fingerprint density at radius 3 is 2.63 bits per heavy atom. The fraction of sp³-hybridized carbons (Fsp3) is 0.250. The van der Waals surface area contributed by atoms with Gasteiger partial charge in [0, 0.05) is 36.7 Å². The van der Waals surface area contributed by atoms with Crippen LogP contribution in [0.1, 0.15) is 36.8 Å². The maximum Gasteiger partial charge on any atom is 0.220 e. The Balaban J connectivity index is 1.19. The number of hydrogen-bond donors (Lipinski definition) is 2. The van der Waals surface area contributed by atoms with Crippen LogP contribution in [0.5, 0.6) is 0 Å². The second-order valence-electron chi connectivity index (χ2n) is 9.23. The summed E-state index contributed by atoms with van der Waals surface area (Å²) in [5.74, 6) is -0.330. The SMILES string of the molecule is O=C(CCC1(Cc2ccc3ccccc3c2)CCC(=O)N1)NCc1cnn(-c2ccc(F)cc2)c1. The summed E-state index contributed by atoms with van der Waals surface area (Å²) in [4.78, 5) is 24.8. The van der Waals surface area contributed by atoms with Crippen molar-refractivity contribution in [3.05, 3.63) is 96.1 Å². The predicted octanol–water partition coefficient (Wildman–Crippen LogP) is 4.45. The third-order valence-corrected chi connectivity index (χ3v) is 6.64. The number of nitrogens with zero attached hydrogens (tertiary/aromatic N) is 2. The fourth-order valence-electron chi connectivity index (χ4n) is 4.75. The highest BCUT2D eigenvalue weighted by Crippen LogP contribution is 2.30. The van der Waals surface area contributed by atoms with Crippen molar-refractivity contribution in [2.75, 3.05) is 0 Å². The van der Waals surface area contributed by atoms with Crippen molar-refractivity contribution in [2.24, 2.45) is 0 Å². The van der Waals surface area contributed by atoms with Crippen LogP contribution in [0.25, 0.3) is 16.5 Å². The van der Waals surface area contributed by atoms with E-state index in [1.165, 1.54) is 22.9 Å². The van der Waals surface area contributed by atoms with E-state index < -0.39 is 5.54 Å². The summed E-state index contributed by atoms with van der Waals surface area (Å²) in [6, 6.07) is 20.7. The van der Waals surface area contributed by atoms with Gasteiger partial charge in [-0.05, 0) is 59.9 Å². The van der Waals surface area contributed by atoms with E-state index in [1.807, 2.05) is 18.3 Å². The second-order valence-corrected chi connectivity index (χ2v) is 9.23. The first-order valence-corrected chi connectivity index (χ1v) is 11.8. The van der Waals surface area contributed by atoms with Crippen LogP contribution < -0.4 is 10.6 Å². The van der Waals surface area contributed by atoms with Crippen molar-refractivity contribution in [3.8, 4) is 5.69 Å². The van der Waals surface area contributed by atoms with Gasteiger partial charge in [0.15, 0.2) is 0 Å². The van der Waals surface area contributed by atoms with Gasteiger partial charge < -0.3 is 10.6 Å². The van der Waals surface area contributed by atoms with E-state index in [4.69, 9.17) is 0 Å². The van der Waals surface area contributed by atoms with Gasteiger partial charge >= 0.3 is 0 Å². The van der Waals surface area contributed by atoms with Crippen LogP contribution in [0, 0.1) is 5.82 Å². The van der Waals surface area contributed by atoms with Crippen LogP contribution in [0.4, 0.5) is 4.39 Å². The molecule has 0 bridgehead atoms. The normalized spacial score (nSPS) is 17.5. The number of halogens is 1. The molecule has 1 aromatic heterocycles. The number of hydrogen-bond acceptors (Lipinski definition) is 3. The third kappa shape index (κ3) is 5.40. The number of fused-ring (bicyclic) bond motifs is 1. The van der Waals surface area contributed by atoms with Crippen molar-refractivity contribution in [1.82, 2.24) is 20.4 Å². The summed E-state index contributed by atoms with van der Waals surface area (Å²) in [7, 11) is 0. The number of benzene rings is 3. The molecule has 3 aromatic carbocycles. The highest BCUT2D eigenvalue weighted by atomic mass is 19.1. The molecule has 7 heteroatoms. The van der Waals surface area contributed by atoms with Crippen LogP contribution in [0.15, 0.2) is 79.1 Å². The molecule has 6 nitrogen and oxygen atoms in total. The van der Waals surface area contributed by atoms with E-state index in [0.717, 1.165) is 23.2 Å². The first-order chi connectivity index (χ1) is 17.0. The van der Waals surface area contributed by atoms with E-state index in [0.29, 0.717) is 32.2 Å². The van der Waals surface area contributed by atoms with Crippen LogP contribution >= 0.6 is 0 Å². The average Bonchev–Trinajstić information content (AvgIpc) is 3.49. The molecule has 1 unspecified atom stereocenters. The van der Waals surface area contributed by atoms with Crippen molar-refractivity contribution >= 4 is 22.6 Å². The molecular formula is C28H27FN4O2. The molecule has 35 heavy (non-hydrogen) atoms. The van der Waals surface area contributed by atoms with Crippen LogP contribution in [-0.2, 0) is 22.6 Å². The molecular weight excluding hydrogens is 443 g/mol. The van der Waals surface area contributed by atoms with Crippen LogP contribution in [-0.4, -0.2) is 27.1 Å². The van der Waals surface area contributed by atoms with E-state index in [-0.39, 0.29) is 17.6 Å². The molecule has 1 aliphatic heterocycles. The summed E-state index contributed by atoms with van der Waals surface area (Å²) in [6.45, 7) is 0.351. The number of carbonyl (C=O) groups excluding carboxylic acids is 2. The van der Waals surface area contributed by atoms with Gasteiger partial charge in [-0.3, -0.25) is 9.59 Å². The van der Waals surface area contributed by atoms with Crippen molar-refractivity contribution < 1.29 is 14.0 Å². The first kappa shape index (κ1) is 22.8. The van der Waals surface area contributed by atoms with Gasteiger partial charge in [-0.15, -0.1) is 0 Å². The summed E-state index contributed by atoms with van der Waals surface area (Å²) in [6.07, 6.45) is 6.29. The molecule has 1 saturated heterocycles. The molecule has 1 fully saturated rings. The monoisotopic (exact) mass is 470 g/mol. The number of rotatable bonds is 8. The summed E-state index contributed by atoms with van der Waals surface area (Å²) in [5, 5.41) is 12.7. The van der Waals surface area contributed by atoms with E-state index in [9.17, 15) is 14.0 Å². The molecule has 0 aliphatic carbocycles. The minimum atomic E-state index is -0.412. The minimum absolute atomic E-state index is 0.0411. The van der Waals surface area contributed by atoms with Crippen LogP contribution in [0.3, 0.4) is 0 Å². The Bertz CT molecular complexity index is 1360. The van der Waals surface area contributed by atoms with E-state index in [1.54, 1.807) is 23.0 Å². The Morgan fingerprint density at radius 1 is 1.06 bits per heavy atom. The molecule has 2 heterocycles. The molecule has 4 aromatic rings. The fourth-order valence-corrected chi connectivity index (χ4v) is 4.75. The number of carbonyl (C=O) groups is 2. The Kier molecular flexibility index (Phi) is 6.31. The number of aromatic nitrogens is 2. The molecule has 0 spiro atoms. The smallest absolute Gasteiger partial charge is 0.220 e. The van der Waals surface area contributed by atoms with Gasteiger partial charge in [0.2, 0.25) is 11.8 Å². The first-order valence-electron chi connectivity index (χ1n) is 11.8. The van der Waals surface area contributed by atoms with Crippen molar-refractivity contribution in [2.45, 2.75) is 44.2 Å². The predicted molar refractivity (Wildman–Crippen MR) is 132 cm³/mol. The maximum atomic E-state index is 13.1. The third-order valence-electron chi connectivity index (χ3n) is 6.64. The molecule has 2 amide bonds. The highest BCUT2D eigenvalue weighted by molar-refractivity contribution is 5.83. The molecule has 0 saturated carbocycles. The van der Waals surface area contributed by atoms with E-state index >= 15 is 0 Å². The zero-order valence-electron chi connectivity index (χ0n) is 19.3. The number of nitrogens with one attached hydrogen (secondary N) is 2.